The Labute approximate surface area is 183 Å². The van der Waals surface area contributed by atoms with Crippen LogP contribution in [0, 0.1) is 5.92 Å². The van der Waals surface area contributed by atoms with Gasteiger partial charge in [-0.15, -0.1) is 24.0 Å². The molecule has 3 rings (SSSR count). The van der Waals surface area contributed by atoms with E-state index in [0.29, 0.717) is 42.2 Å². The maximum absolute atomic E-state index is 6.38. The smallest absolute Gasteiger partial charge is 0.193 e. The molecule has 1 aromatic carbocycles. The van der Waals surface area contributed by atoms with Crippen LogP contribution in [0.4, 0.5) is 0 Å². The summed E-state index contributed by atoms with van der Waals surface area (Å²) in [6, 6.07) is 3.89. The maximum atomic E-state index is 6.38. The van der Waals surface area contributed by atoms with Crippen molar-refractivity contribution in [2.75, 3.05) is 46.6 Å². The van der Waals surface area contributed by atoms with Crippen molar-refractivity contribution in [1.82, 2.24) is 10.2 Å². The first-order chi connectivity index (χ1) is 12.7. The number of hydrogen-bond acceptors (Lipinski definition) is 4. The van der Waals surface area contributed by atoms with Crippen molar-refractivity contribution in [2.24, 2.45) is 10.9 Å². The molecule has 1 aromatic rings. The Morgan fingerprint density at radius 1 is 1.30 bits per heavy atom. The van der Waals surface area contributed by atoms with Gasteiger partial charge in [0.15, 0.2) is 17.5 Å². The second kappa shape index (κ2) is 11.2. The zero-order valence-electron chi connectivity index (χ0n) is 16.0. The predicted molar refractivity (Wildman–Crippen MR) is 119 cm³/mol. The van der Waals surface area contributed by atoms with Crippen LogP contribution in [0.2, 0.25) is 5.02 Å². The average molecular weight is 510 g/mol. The summed E-state index contributed by atoms with van der Waals surface area (Å²) in [6.07, 6.45) is 1.97. The zero-order chi connectivity index (χ0) is 18.4. The molecule has 0 bridgehead atoms. The number of nitrogens with zero attached hydrogens (tertiary/aromatic N) is 2. The minimum Gasteiger partial charge on any atom is -0.489 e. The van der Waals surface area contributed by atoms with Crippen LogP contribution in [0.1, 0.15) is 25.3 Å². The van der Waals surface area contributed by atoms with E-state index in [2.05, 4.69) is 24.2 Å². The van der Waals surface area contributed by atoms with Gasteiger partial charge in [0.1, 0.15) is 0 Å². The van der Waals surface area contributed by atoms with E-state index in [4.69, 9.17) is 30.8 Å². The number of nitrogens with one attached hydrogen (secondary N) is 1. The van der Waals surface area contributed by atoms with Crippen molar-refractivity contribution in [3.05, 3.63) is 22.7 Å². The molecule has 1 atom stereocenters. The van der Waals surface area contributed by atoms with E-state index in [1.54, 1.807) is 0 Å². The molecule has 2 aliphatic rings. The lowest BCUT2D eigenvalue weighted by Crippen LogP contribution is -2.41. The van der Waals surface area contributed by atoms with Crippen LogP contribution in [-0.4, -0.2) is 57.4 Å². The van der Waals surface area contributed by atoms with Gasteiger partial charge in [-0.25, -0.2) is 4.99 Å². The summed E-state index contributed by atoms with van der Waals surface area (Å²) in [5.41, 5.74) is 1.01. The van der Waals surface area contributed by atoms with E-state index in [-0.39, 0.29) is 24.0 Å². The van der Waals surface area contributed by atoms with E-state index in [9.17, 15) is 0 Å². The highest BCUT2D eigenvalue weighted by atomic mass is 127. The molecule has 1 unspecified atom stereocenters. The van der Waals surface area contributed by atoms with Crippen LogP contribution < -0.4 is 14.8 Å². The van der Waals surface area contributed by atoms with Crippen molar-refractivity contribution in [2.45, 2.75) is 26.3 Å². The summed E-state index contributed by atoms with van der Waals surface area (Å²) in [6.45, 7) is 7.34. The molecule has 1 N–H and O–H groups in total. The van der Waals surface area contributed by atoms with Gasteiger partial charge >= 0.3 is 0 Å². The van der Waals surface area contributed by atoms with Crippen molar-refractivity contribution < 1.29 is 14.2 Å². The summed E-state index contributed by atoms with van der Waals surface area (Å²) in [7, 11) is 2.07. The summed E-state index contributed by atoms with van der Waals surface area (Å²) < 4.78 is 16.9. The number of ether oxygens (including phenoxy) is 3. The number of fused-ring (bicyclic) bond motifs is 1. The third kappa shape index (κ3) is 6.29. The van der Waals surface area contributed by atoms with Crippen molar-refractivity contribution >= 4 is 41.5 Å². The first-order valence-corrected chi connectivity index (χ1v) is 9.70. The minimum atomic E-state index is 0. The standard InChI is InChI=1S/C19H28ClN3O3.HI/c1-3-21-19(23(2)12-14-5-8-24-13-14)22-11-15-9-16(20)18-17(10-15)25-6-4-7-26-18;/h9-10,14H,3-8,11-13H2,1-2H3,(H,21,22);1H. The minimum absolute atomic E-state index is 0. The fourth-order valence-electron chi connectivity index (χ4n) is 3.21. The third-order valence-electron chi connectivity index (χ3n) is 4.53. The molecule has 0 saturated carbocycles. The van der Waals surface area contributed by atoms with Gasteiger partial charge in [0, 0.05) is 39.1 Å². The second-order valence-electron chi connectivity index (χ2n) is 6.74. The summed E-state index contributed by atoms with van der Waals surface area (Å²) in [4.78, 5) is 6.95. The lowest BCUT2D eigenvalue weighted by atomic mass is 10.1. The number of aliphatic imine (C=N–C) groups is 1. The van der Waals surface area contributed by atoms with Crippen molar-refractivity contribution in [3.63, 3.8) is 0 Å². The Hall–Kier alpha value is -0.930. The Morgan fingerprint density at radius 2 is 2.11 bits per heavy atom. The van der Waals surface area contributed by atoms with Crippen LogP contribution in [-0.2, 0) is 11.3 Å². The largest absolute Gasteiger partial charge is 0.489 e. The van der Waals surface area contributed by atoms with E-state index in [1.807, 2.05) is 12.1 Å². The summed E-state index contributed by atoms with van der Waals surface area (Å²) in [5.74, 6) is 2.81. The van der Waals surface area contributed by atoms with Crippen LogP contribution in [0.3, 0.4) is 0 Å². The first-order valence-electron chi connectivity index (χ1n) is 9.32. The number of halogens is 2. The fraction of sp³-hybridized carbons (Fsp3) is 0.632. The molecule has 1 fully saturated rings. The molecule has 152 valence electrons. The molecular formula is C19H29ClIN3O3. The Morgan fingerprint density at radius 3 is 2.85 bits per heavy atom. The lowest BCUT2D eigenvalue weighted by molar-refractivity contribution is 0.181. The molecule has 1 saturated heterocycles. The first kappa shape index (κ1) is 22.4. The lowest BCUT2D eigenvalue weighted by Gasteiger charge is -2.24. The van der Waals surface area contributed by atoms with Crippen LogP contribution in [0.15, 0.2) is 17.1 Å². The van der Waals surface area contributed by atoms with Gasteiger partial charge in [0.05, 0.1) is 31.4 Å². The van der Waals surface area contributed by atoms with Gasteiger partial charge in [-0.05, 0) is 31.0 Å². The molecule has 0 aromatic heterocycles. The maximum Gasteiger partial charge on any atom is 0.193 e. The van der Waals surface area contributed by atoms with E-state index in [0.717, 1.165) is 50.7 Å². The highest BCUT2D eigenvalue weighted by Crippen LogP contribution is 2.38. The molecule has 0 spiro atoms. The molecule has 0 amide bonds. The van der Waals surface area contributed by atoms with Gasteiger partial charge in [-0.1, -0.05) is 11.6 Å². The van der Waals surface area contributed by atoms with Crippen LogP contribution >= 0.6 is 35.6 Å². The molecule has 2 heterocycles. The van der Waals surface area contributed by atoms with Gasteiger partial charge in [0.2, 0.25) is 0 Å². The number of rotatable bonds is 5. The molecule has 27 heavy (non-hydrogen) atoms. The topological polar surface area (TPSA) is 55.3 Å². The SMILES string of the molecule is CCNC(=NCc1cc(Cl)c2c(c1)OCCCO2)N(C)CC1CCOC1.I. The zero-order valence-corrected chi connectivity index (χ0v) is 19.1. The number of guanidine groups is 1. The molecule has 0 radical (unpaired) electrons. The highest BCUT2D eigenvalue weighted by Gasteiger charge is 2.19. The Balaban J connectivity index is 0.00000261. The summed E-state index contributed by atoms with van der Waals surface area (Å²) in [5, 5.41) is 3.94. The Bertz CT molecular complexity index is 639. The Kier molecular flexibility index (Phi) is 9.25. The average Bonchev–Trinajstić information content (AvgIpc) is 3.01. The molecule has 8 heteroatoms. The molecular weight excluding hydrogens is 481 g/mol. The van der Waals surface area contributed by atoms with Gasteiger partial charge in [0.25, 0.3) is 0 Å². The second-order valence-corrected chi connectivity index (χ2v) is 7.14. The monoisotopic (exact) mass is 509 g/mol. The molecule has 0 aliphatic carbocycles. The number of benzene rings is 1. The van der Waals surface area contributed by atoms with Gasteiger partial charge in [-0.2, -0.15) is 0 Å². The fourth-order valence-corrected chi connectivity index (χ4v) is 3.50. The summed E-state index contributed by atoms with van der Waals surface area (Å²) >= 11 is 6.38. The highest BCUT2D eigenvalue weighted by molar-refractivity contribution is 14.0. The van der Waals surface area contributed by atoms with Gasteiger partial charge < -0.3 is 24.4 Å². The normalized spacial score (nSPS) is 19.2. The molecule has 2 aliphatic heterocycles. The predicted octanol–water partition coefficient (Wildman–Crippen LogP) is 3.55. The van der Waals surface area contributed by atoms with Crippen molar-refractivity contribution in [3.8, 4) is 11.5 Å². The molecule has 6 nitrogen and oxygen atoms in total. The van der Waals surface area contributed by atoms with E-state index < -0.39 is 0 Å². The van der Waals surface area contributed by atoms with Crippen molar-refractivity contribution in [1.29, 1.82) is 0 Å². The third-order valence-corrected chi connectivity index (χ3v) is 4.81. The van der Waals surface area contributed by atoms with Gasteiger partial charge in [-0.3, -0.25) is 0 Å². The van der Waals surface area contributed by atoms with E-state index in [1.165, 1.54) is 0 Å². The quantitative estimate of drug-likeness (QED) is 0.374. The van der Waals surface area contributed by atoms with E-state index >= 15 is 0 Å². The number of hydrogen-bond donors (Lipinski definition) is 1. The van der Waals surface area contributed by atoms with Crippen LogP contribution in [0.25, 0.3) is 0 Å². The van der Waals surface area contributed by atoms with Crippen LogP contribution in [0.5, 0.6) is 11.5 Å².